The fourth-order valence-electron chi connectivity index (χ4n) is 4.43. The van der Waals surface area contributed by atoms with Crippen LogP contribution in [-0.2, 0) is 29.1 Å². The number of nitrogens with zero attached hydrogens (tertiary/aromatic N) is 3. The van der Waals surface area contributed by atoms with E-state index in [-0.39, 0.29) is 42.0 Å². The highest BCUT2D eigenvalue weighted by Gasteiger charge is 2.38. The molecule has 170 valence electrons. The number of aryl methyl sites for hydroxylation is 1. The molecule has 0 amide bonds. The highest BCUT2D eigenvalue weighted by molar-refractivity contribution is 7.89. The Morgan fingerprint density at radius 2 is 1.23 bits per heavy atom. The summed E-state index contributed by atoms with van der Waals surface area (Å²) in [5, 5.41) is 0. The Kier molecular flexibility index (Phi) is 6.61. The smallest absolute Gasteiger partial charge is 0.323 e. The predicted molar refractivity (Wildman–Crippen MR) is 112 cm³/mol. The van der Waals surface area contributed by atoms with Gasteiger partial charge in [0.2, 0.25) is 10.0 Å². The van der Waals surface area contributed by atoms with Crippen LogP contribution in [0.5, 0.6) is 0 Å². The Morgan fingerprint density at radius 1 is 0.774 bits per heavy atom. The highest BCUT2D eigenvalue weighted by Crippen LogP contribution is 2.21. The van der Waals surface area contributed by atoms with Crippen LogP contribution in [0.1, 0.15) is 18.4 Å². The summed E-state index contributed by atoms with van der Waals surface area (Å²) in [6.45, 7) is 5.17. The molecule has 3 aliphatic rings. The average Bonchev–Trinajstić information content (AvgIpc) is 3.37. The van der Waals surface area contributed by atoms with Gasteiger partial charge >= 0.3 is 11.9 Å². The third kappa shape index (κ3) is 4.77. The first-order chi connectivity index (χ1) is 14.9. The van der Waals surface area contributed by atoms with Gasteiger partial charge in [0.1, 0.15) is 12.1 Å². The zero-order valence-electron chi connectivity index (χ0n) is 17.7. The second kappa shape index (κ2) is 9.23. The third-order valence-corrected chi connectivity index (χ3v) is 8.22. The molecule has 0 aliphatic carbocycles. The van der Waals surface area contributed by atoms with Gasteiger partial charge in [-0.1, -0.05) is 17.7 Å². The Bertz CT molecular complexity index is 882. The molecular weight excluding hydrogens is 422 g/mol. The first-order valence-electron chi connectivity index (χ1n) is 10.7. The van der Waals surface area contributed by atoms with Crippen LogP contribution in [0.15, 0.2) is 29.2 Å². The van der Waals surface area contributed by atoms with Gasteiger partial charge in [0.25, 0.3) is 0 Å². The molecule has 0 saturated carbocycles. The molecule has 3 fully saturated rings. The minimum absolute atomic E-state index is 0.246. The third-order valence-electron chi connectivity index (χ3n) is 6.30. The lowest BCUT2D eigenvalue weighted by Crippen LogP contribution is -2.47. The van der Waals surface area contributed by atoms with Crippen LogP contribution in [0.25, 0.3) is 0 Å². The van der Waals surface area contributed by atoms with Crippen molar-refractivity contribution in [3.05, 3.63) is 29.8 Å². The number of hydrogen-bond donors (Lipinski definition) is 0. The molecule has 0 radical (unpaired) electrons. The number of ether oxygens (including phenoxy) is 2. The molecule has 3 aliphatic heterocycles. The van der Waals surface area contributed by atoms with E-state index in [0.717, 1.165) is 5.56 Å². The van der Waals surface area contributed by atoms with Crippen LogP contribution >= 0.6 is 0 Å². The van der Waals surface area contributed by atoms with E-state index in [4.69, 9.17) is 9.47 Å². The first kappa shape index (κ1) is 22.2. The van der Waals surface area contributed by atoms with E-state index in [1.807, 2.05) is 16.7 Å². The fraction of sp³-hybridized carbons (Fsp3) is 0.619. The van der Waals surface area contributed by atoms with Gasteiger partial charge < -0.3 is 9.47 Å². The molecule has 2 unspecified atom stereocenters. The molecule has 31 heavy (non-hydrogen) atoms. The van der Waals surface area contributed by atoms with Crippen molar-refractivity contribution in [2.24, 2.45) is 0 Å². The molecule has 0 N–H and O–H groups in total. The zero-order chi connectivity index (χ0) is 22.0. The number of rotatable bonds is 4. The number of cyclic esters (lactones) is 2. The Morgan fingerprint density at radius 3 is 1.65 bits per heavy atom. The molecule has 1 aromatic rings. The maximum atomic E-state index is 13.4. The van der Waals surface area contributed by atoms with Crippen molar-refractivity contribution >= 4 is 22.0 Å². The Hall–Kier alpha value is -2.01. The molecular formula is C21H29N3O6S. The predicted octanol–water partition coefficient (Wildman–Crippen LogP) is 0.234. The van der Waals surface area contributed by atoms with Crippen LogP contribution in [0.2, 0.25) is 0 Å². The van der Waals surface area contributed by atoms with Crippen molar-refractivity contribution in [2.75, 3.05) is 52.5 Å². The van der Waals surface area contributed by atoms with Gasteiger partial charge in [0.15, 0.2) is 0 Å². The van der Waals surface area contributed by atoms with Crippen LogP contribution in [-0.4, -0.2) is 99.0 Å². The quantitative estimate of drug-likeness (QED) is 0.601. The number of sulfonamides is 1. The summed E-state index contributed by atoms with van der Waals surface area (Å²) in [6, 6.07) is 6.06. The largest absolute Gasteiger partial charge is 0.464 e. The molecule has 1 aromatic carbocycles. The van der Waals surface area contributed by atoms with Gasteiger partial charge in [-0.2, -0.15) is 4.31 Å². The average molecular weight is 452 g/mol. The van der Waals surface area contributed by atoms with Gasteiger partial charge in [-0.05, 0) is 19.1 Å². The van der Waals surface area contributed by atoms with E-state index in [1.165, 1.54) is 4.31 Å². The summed E-state index contributed by atoms with van der Waals surface area (Å²) >= 11 is 0. The van der Waals surface area contributed by atoms with E-state index in [9.17, 15) is 18.0 Å². The molecule has 0 bridgehead atoms. The van der Waals surface area contributed by atoms with Gasteiger partial charge in [-0.25, -0.2) is 8.42 Å². The first-order valence-corrected chi connectivity index (χ1v) is 12.2. The van der Waals surface area contributed by atoms with Crippen LogP contribution in [0.4, 0.5) is 0 Å². The number of esters is 2. The molecule has 4 rings (SSSR count). The van der Waals surface area contributed by atoms with Crippen LogP contribution in [0, 0.1) is 6.92 Å². The van der Waals surface area contributed by atoms with Crippen molar-refractivity contribution in [3.63, 3.8) is 0 Å². The standard InChI is InChI=1S/C21H29N3O6S/c1-16-2-4-17(5-3-16)31(27,28)24-12-10-22(18-6-14-29-20(18)25)8-9-23(11-13-24)19-7-15-30-21(19)26/h2-5,18-19H,6-15H2,1H3. The lowest BCUT2D eigenvalue weighted by molar-refractivity contribution is -0.144. The van der Waals surface area contributed by atoms with Crippen molar-refractivity contribution in [1.29, 1.82) is 0 Å². The van der Waals surface area contributed by atoms with E-state index < -0.39 is 10.0 Å². The van der Waals surface area contributed by atoms with Gasteiger partial charge in [-0.3, -0.25) is 19.4 Å². The second-order valence-electron chi connectivity index (χ2n) is 8.23. The number of carbonyl (C=O) groups is 2. The molecule has 10 heteroatoms. The van der Waals surface area contributed by atoms with Gasteiger partial charge in [-0.15, -0.1) is 0 Å². The summed E-state index contributed by atoms with van der Waals surface area (Å²) in [7, 11) is -3.71. The molecule has 0 spiro atoms. The number of hydrogen-bond acceptors (Lipinski definition) is 8. The van der Waals surface area contributed by atoms with Crippen LogP contribution in [0.3, 0.4) is 0 Å². The molecule has 9 nitrogen and oxygen atoms in total. The molecule has 3 heterocycles. The molecule has 2 atom stereocenters. The maximum absolute atomic E-state index is 13.4. The monoisotopic (exact) mass is 451 g/mol. The van der Waals surface area contributed by atoms with Crippen LogP contribution < -0.4 is 0 Å². The fourth-order valence-corrected chi connectivity index (χ4v) is 5.85. The minimum Gasteiger partial charge on any atom is -0.464 e. The summed E-state index contributed by atoms with van der Waals surface area (Å²) in [6.07, 6.45) is 1.18. The summed E-state index contributed by atoms with van der Waals surface area (Å²) in [4.78, 5) is 28.6. The van der Waals surface area contributed by atoms with E-state index in [0.29, 0.717) is 52.2 Å². The summed E-state index contributed by atoms with van der Waals surface area (Å²) in [5.74, 6) is -0.530. The van der Waals surface area contributed by atoms with Crippen molar-refractivity contribution in [1.82, 2.24) is 14.1 Å². The van der Waals surface area contributed by atoms with Crippen molar-refractivity contribution < 1.29 is 27.5 Å². The number of benzene rings is 1. The summed E-state index contributed by atoms with van der Waals surface area (Å²) < 4.78 is 38.5. The second-order valence-corrected chi connectivity index (χ2v) is 10.2. The zero-order valence-corrected chi connectivity index (χ0v) is 18.6. The van der Waals surface area contributed by atoms with E-state index >= 15 is 0 Å². The lowest BCUT2D eigenvalue weighted by Gasteiger charge is -2.29. The summed E-state index contributed by atoms with van der Waals surface area (Å²) in [5.41, 5.74) is 0.986. The van der Waals surface area contributed by atoms with E-state index in [2.05, 4.69) is 0 Å². The molecule has 3 saturated heterocycles. The topological polar surface area (TPSA) is 96.5 Å². The SMILES string of the molecule is Cc1ccc(S(=O)(=O)N2CCN(C3CCOC3=O)CCN(C3CCOC3=O)CC2)cc1. The number of carbonyl (C=O) groups excluding carboxylic acids is 2. The van der Waals surface area contributed by atoms with Crippen molar-refractivity contribution in [2.45, 2.75) is 36.7 Å². The minimum atomic E-state index is -3.71. The Labute approximate surface area is 182 Å². The van der Waals surface area contributed by atoms with E-state index in [1.54, 1.807) is 24.3 Å². The normalized spacial score (nSPS) is 27.4. The lowest BCUT2D eigenvalue weighted by atomic mass is 10.2. The highest BCUT2D eigenvalue weighted by atomic mass is 32.2. The van der Waals surface area contributed by atoms with Gasteiger partial charge in [0.05, 0.1) is 18.1 Å². The van der Waals surface area contributed by atoms with Gasteiger partial charge in [0, 0.05) is 52.1 Å². The Balaban J connectivity index is 1.59. The maximum Gasteiger partial charge on any atom is 0.323 e. The van der Waals surface area contributed by atoms with Crippen molar-refractivity contribution in [3.8, 4) is 0 Å². The molecule has 0 aromatic heterocycles.